The number of thiazole rings is 2. The number of esters is 1. The molecule has 0 saturated carbocycles. The van der Waals surface area contributed by atoms with Crippen molar-refractivity contribution < 1.29 is 28.6 Å². The zero-order valence-electron chi connectivity index (χ0n) is 29.2. The van der Waals surface area contributed by atoms with Gasteiger partial charge in [-0.2, -0.15) is 0 Å². The van der Waals surface area contributed by atoms with Crippen LogP contribution in [-0.4, -0.2) is 94.1 Å². The molecule has 0 radical (unpaired) electrons. The zero-order valence-corrected chi connectivity index (χ0v) is 32.4. The number of carboxylic acid groups (broad SMARTS) is 1. The lowest BCUT2D eigenvalue weighted by atomic mass is 9.86. The van der Waals surface area contributed by atoms with E-state index in [0.717, 1.165) is 16.8 Å². The molecule has 2 N–H and O–H groups in total. The fourth-order valence-corrected chi connectivity index (χ4v) is 8.76. The van der Waals surface area contributed by atoms with Crippen molar-refractivity contribution in [3.05, 3.63) is 97.1 Å². The zero-order chi connectivity index (χ0) is 37.4. The van der Waals surface area contributed by atoms with E-state index < -0.39 is 29.2 Å². The van der Waals surface area contributed by atoms with Crippen molar-refractivity contribution in [1.82, 2.24) is 25.1 Å². The predicted octanol–water partition coefficient (Wildman–Crippen LogP) is 6.36. The number of hydrogen-bond donors (Lipinski definition) is 2. The molecule has 1 unspecified atom stereocenters. The summed E-state index contributed by atoms with van der Waals surface area (Å²) in [5.41, 5.74) is 3.24. The van der Waals surface area contributed by atoms with Crippen molar-refractivity contribution in [3.8, 4) is 11.3 Å². The molecule has 276 valence electrons. The molecule has 2 atom stereocenters. The molecule has 3 aliphatic rings. The number of halogens is 2. The number of hydrogen-bond acceptors (Lipinski definition) is 11. The van der Waals surface area contributed by atoms with Crippen LogP contribution >= 0.6 is 38.6 Å². The first-order chi connectivity index (χ1) is 25.4. The Bertz CT molecular complexity index is 2100. The van der Waals surface area contributed by atoms with Gasteiger partial charge in [-0.3, -0.25) is 19.6 Å². The third-order valence-corrected chi connectivity index (χ3v) is 11.9. The number of rotatable bonds is 11. The summed E-state index contributed by atoms with van der Waals surface area (Å²) >= 11 is 6.31. The number of benzene rings is 2. The average Bonchev–Trinajstić information content (AvgIpc) is 3.90. The molecule has 2 aromatic heterocycles. The van der Waals surface area contributed by atoms with Gasteiger partial charge in [0.1, 0.15) is 11.9 Å². The van der Waals surface area contributed by atoms with Gasteiger partial charge in [0.25, 0.3) is 0 Å². The van der Waals surface area contributed by atoms with Crippen LogP contribution in [0.25, 0.3) is 11.3 Å². The maximum absolute atomic E-state index is 14.2. The van der Waals surface area contributed by atoms with Gasteiger partial charge in [-0.25, -0.2) is 23.9 Å². The van der Waals surface area contributed by atoms with Gasteiger partial charge < -0.3 is 20.1 Å². The SMILES string of the molecule is CCOC(=O)C1=C(CN2CCN3C(=O)N(c4nc(-c5ccc(CC(C)(C)C(=O)O)cc5)cs4)C[C@@H]3C2)NC(c2nccs2)=NC1c1ccc(F)cc1Br. The van der Waals surface area contributed by atoms with Crippen LogP contribution in [0.15, 0.2) is 80.2 Å². The first kappa shape index (κ1) is 36.8. The third-order valence-electron chi connectivity index (χ3n) is 9.53. The predicted molar refractivity (Wildman–Crippen MR) is 205 cm³/mol. The molecule has 3 aliphatic heterocycles. The van der Waals surface area contributed by atoms with E-state index in [2.05, 4.69) is 31.1 Å². The fourth-order valence-electron chi connectivity index (χ4n) is 6.77. The van der Waals surface area contributed by atoms with Crippen LogP contribution in [0.4, 0.5) is 14.3 Å². The first-order valence-corrected chi connectivity index (χ1v) is 19.7. The third kappa shape index (κ3) is 7.63. The molecule has 2 aromatic carbocycles. The number of nitrogens with one attached hydrogen (secondary N) is 1. The molecule has 53 heavy (non-hydrogen) atoms. The molecule has 7 rings (SSSR count). The topological polar surface area (TPSA) is 141 Å². The summed E-state index contributed by atoms with van der Waals surface area (Å²) in [6.07, 6.45) is 2.10. The maximum atomic E-state index is 14.2. The van der Waals surface area contributed by atoms with Gasteiger partial charge in [0.05, 0.1) is 35.9 Å². The van der Waals surface area contributed by atoms with Crippen molar-refractivity contribution in [1.29, 1.82) is 0 Å². The number of anilines is 1. The van der Waals surface area contributed by atoms with Crippen LogP contribution in [0, 0.1) is 11.2 Å². The summed E-state index contributed by atoms with van der Waals surface area (Å²) in [7, 11) is 0. The Morgan fingerprint density at radius 2 is 1.92 bits per heavy atom. The van der Waals surface area contributed by atoms with E-state index in [1.54, 1.807) is 37.9 Å². The number of nitrogens with zero attached hydrogens (tertiary/aromatic N) is 6. The van der Waals surface area contributed by atoms with Crippen LogP contribution in [0.1, 0.15) is 42.9 Å². The normalized spacial score (nSPS) is 19.3. The molecule has 5 heterocycles. The molecule has 0 aliphatic carbocycles. The standard InChI is InChI=1S/C37H37BrFN7O5S2/c1-4-51-33(47)29-27(41-31(32-40-11-14-52-32)43-30(29)25-10-9-23(39)15-26(25)38)19-44-12-13-45-24(17-44)18-46(36(45)50)35-42-28(20-53-35)22-7-5-21(6-8-22)16-37(2,3)34(48)49/h5-11,14-15,20,24,30H,4,12-13,16-19H2,1-3H3,(H,41,43)(H,48,49)/t24-,30?/m0/s1. The molecule has 0 bridgehead atoms. The van der Waals surface area contributed by atoms with Gasteiger partial charge in [-0.1, -0.05) is 46.3 Å². The average molecular weight is 823 g/mol. The number of aliphatic imine (C=N–C) groups is 1. The number of carboxylic acids is 1. The van der Waals surface area contributed by atoms with Gasteiger partial charge in [-0.15, -0.1) is 22.7 Å². The first-order valence-electron chi connectivity index (χ1n) is 17.1. The van der Waals surface area contributed by atoms with Gasteiger partial charge >= 0.3 is 18.0 Å². The number of aromatic nitrogens is 2. The summed E-state index contributed by atoms with van der Waals surface area (Å²) in [6, 6.07) is 11.0. The lowest BCUT2D eigenvalue weighted by Gasteiger charge is -2.38. The molecule has 0 spiro atoms. The number of carbonyl (C=O) groups excluding carboxylic acids is 2. The highest BCUT2D eigenvalue weighted by Gasteiger charge is 2.43. The molecular weight excluding hydrogens is 785 g/mol. The van der Waals surface area contributed by atoms with Crippen molar-refractivity contribution in [2.75, 3.05) is 44.2 Å². The monoisotopic (exact) mass is 821 g/mol. The maximum Gasteiger partial charge on any atom is 0.338 e. The van der Waals surface area contributed by atoms with E-state index in [0.29, 0.717) is 76.4 Å². The van der Waals surface area contributed by atoms with Crippen molar-refractivity contribution >= 4 is 67.5 Å². The highest BCUT2D eigenvalue weighted by Crippen LogP contribution is 2.38. The molecule has 12 nitrogen and oxygen atoms in total. The van der Waals surface area contributed by atoms with E-state index in [4.69, 9.17) is 14.7 Å². The van der Waals surface area contributed by atoms with Crippen LogP contribution in [0.3, 0.4) is 0 Å². The lowest BCUT2D eigenvalue weighted by Crippen LogP contribution is -2.53. The van der Waals surface area contributed by atoms with Crippen molar-refractivity contribution in [2.45, 2.75) is 39.3 Å². The highest BCUT2D eigenvalue weighted by molar-refractivity contribution is 9.10. The van der Waals surface area contributed by atoms with E-state index in [-0.39, 0.29) is 18.7 Å². The fraction of sp³-hybridized carbons (Fsp3) is 0.351. The number of amides is 2. The number of fused-ring (bicyclic) bond motifs is 1. The second-order valence-electron chi connectivity index (χ2n) is 13.7. The minimum atomic E-state index is -0.872. The molecule has 4 aromatic rings. The van der Waals surface area contributed by atoms with Crippen LogP contribution in [0.5, 0.6) is 0 Å². The Labute approximate surface area is 322 Å². The number of aliphatic carboxylic acids is 1. The Morgan fingerprint density at radius 3 is 2.62 bits per heavy atom. The van der Waals surface area contributed by atoms with Crippen LogP contribution in [0.2, 0.25) is 0 Å². The van der Waals surface area contributed by atoms with Gasteiger partial charge in [0.2, 0.25) is 0 Å². The summed E-state index contributed by atoms with van der Waals surface area (Å²) in [6.45, 7) is 7.77. The lowest BCUT2D eigenvalue weighted by molar-refractivity contribution is -0.146. The number of carbonyl (C=O) groups is 3. The summed E-state index contributed by atoms with van der Waals surface area (Å²) in [4.78, 5) is 58.9. The van der Waals surface area contributed by atoms with Crippen LogP contribution < -0.4 is 10.2 Å². The molecule has 2 amide bonds. The minimum absolute atomic E-state index is 0.0940. The Hall–Kier alpha value is -4.51. The summed E-state index contributed by atoms with van der Waals surface area (Å²) < 4.78 is 20.2. The summed E-state index contributed by atoms with van der Waals surface area (Å²) in [5, 5.41) is 17.9. The molecule has 2 fully saturated rings. The Morgan fingerprint density at radius 1 is 1.13 bits per heavy atom. The van der Waals surface area contributed by atoms with Crippen molar-refractivity contribution in [2.24, 2.45) is 10.4 Å². The minimum Gasteiger partial charge on any atom is -0.481 e. The number of ether oxygens (including phenoxy) is 1. The van der Waals surface area contributed by atoms with E-state index in [1.165, 1.54) is 34.8 Å². The van der Waals surface area contributed by atoms with Gasteiger partial charge in [0, 0.05) is 58.9 Å². The quantitative estimate of drug-likeness (QED) is 0.166. The number of urea groups is 1. The highest BCUT2D eigenvalue weighted by atomic mass is 79.9. The van der Waals surface area contributed by atoms with Gasteiger partial charge in [-0.05, 0) is 50.5 Å². The number of amidine groups is 1. The van der Waals surface area contributed by atoms with Gasteiger partial charge in [0.15, 0.2) is 16.0 Å². The molecule has 16 heteroatoms. The smallest absolute Gasteiger partial charge is 0.338 e. The second-order valence-corrected chi connectivity index (χ2v) is 16.3. The second kappa shape index (κ2) is 15.1. The Kier molecular flexibility index (Phi) is 10.5. The van der Waals surface area contributed by atoms with E-state index >= 15 is 0 Å². The van der Waals surface area contributed by atoms with E-state index in [1.807, 2.05) is 39.9 Å². The largest absolute Gasteiger partial charge is 0.481 e. The number of piperazine rings is 1. The molecule has 2 saturated heterocycles. The Balaban J connectivity index is 1.10. The summed E-state index contributed by atoms with van der Waals surface area (Å²) in [5.74, 6) is -1.27. The van der Waals surface area contributed by atoms with Crippen molar-refractivity contribution in [3.63, 3.8) is 0 Å². The van der Waals surface area contributed by atoms with Crippen LogP contribution in [-0.2, 0) is 20.7 Å². The molecular formula is C37H37BrFN7O5S2. The van der Waals surface area contributed by atoms with E-state index in [9.17, 15) is 23.9 Å².